The third-order valence-electron chi connectivity index (χ3n) is 3.84. The second-order valence-corrected chi connectivity index (χ2v) is 6.26. The molecule has 0 bridgehead atoms. The molecule has 0 aromatic heterocycles. The van der Waals surface area contributed by atoms with Gasteiger partial charge in [-0.25, -0.2) is 4.39 Å². The molecule has 0 radical (unpaired) electrons. The predicted molar refractivity (Wildman–Crippen MR) is 105 cm³/mol. The topological polar surface area (TPSA) is 62.8 Å². The maximum atomic E-state index is 13.8. The van der Waals surface area contributed by atoms with Crippen molar-refractivity contribution in [1.29, 1.82) is 0 Å². The van der Waals surface area contributed by atoms with Crippen LogP contribution in [0, 0.1) is 5.82 Å². The quantitative estimate of drug-likeness (QED) is 0.481. The highest BCUT2D eigenvalue weighted by atomic mass is 35.5. The first-order chi connectivity index (χ1) is 13.2. The van der Waals surface area contributed by atoms with Crippen LogP contribution >= 0.6 is 11.6 Å². The van der Waals surface area contributed by atoms with Gasteiger partial charge in [-0.1, -0.05) is 29.8 Å². The van der Waals surface area contributed by atoms with Crippen molar-refractivity contribution in [1.82, 2.24) is 10.6 Å². The van der Waals surface area contributed by atoms with Crippen LogP contribution in [0.15, 0.2) is 36.4 Å². The molecule has 0 aliphatic carbocycles. The highest BCUT2D eigenvalue weighted by Gasteiger charge is 2.12. The zero-order valence-corrected chi connectivity index (χ0v) is 16.2. The van der Waals surface area contributed by atoms with Crippen LogP contribution in [0.3, 0.4) is 0 Å². The number of hydrogen-bond acceptors (Lipinski definition) is 5. The molecule has 0 atom stereocenters. The van der Waals surface area contributed by atoms with Gasteiger partial charge in [-0.05, 0) is 24.6 Å². The summed E-state index contributed by atoms with van der Waals surface area (Å²) in [6, 6.07) is 10.0. The Labute approximate surface area is 164 Å². The SMILES string of the molecule is CCOc1cc(CNCCNCCO)c(Cl)cc1OCc1ccccc1F. The second kappa shape index (κ2) is 11.8. The van der Waals surface area contributed by atoms with E-state index in [1.807, 2.05) is 13.0 Å². The highest BCUT2D eigenvalue weighted by molar-refractivity contribution is 6.31. The molecule has 0 saturated heterocycles. The molecular formula is C20H26ClFN2O3. The van der Waals surface area contributed by atoms with Crippen LogP contribution in [0.1, 0.15) is 18.1 Å². The summed E-state index contributed by atoms with van der Waals surface area (Å²) in [5, 5.41) is 15.7. The Balaban J connectivity index is 2.00. The number of hydrogen-bond donors (Lipinski definition) is 3. The predicted octanol–water partition coefficient (Wildman–Crippen LogP) is 3.13. The standard InChI is InChI=1S/C20H26ClFN2O3/c1-2-26-19-11-16(13-24-8-7-23-9-10-25)17(21)12-20(19)27-14-15-5-3-4-6-18(15)22/h3-6,11-12,23-25H,2,7-10,13-14H2,1H3. The van der Waals surface area contributed by atoms with Crippen molar-refractivity contribution in [2.45, 2.75) is 20.1 Å². The van der Waals surface area contributed by atoms with Crippen molar-refractivity contribution >= 4 is 11.6 Å². The molecule has 0 spiro atoms. The minimum Gasteiger partial charge on any atom is -0.490 e. The third kappa shape index (κ3) is 6.99. The maximum Gasteiger partial charge on any atom is 0.163 e. The second-order valence-electron chi connectivity index (χ2n) is 5.85. The van der Waals surface area contributed by atoms with Gasteiger partial charge in [0.1, 0.15) is 12.4 Å². The summed E-state index contributed by atoms with van der Waals surface area (Å²) in [7, 11) is 0. The molecule has 2 aromatic rings. The lowest BCUT2D eigenvalue weighted by molar-refractivity contribution is 0.265. The molecule has 2 rings (SSSR count). The summed E-state index contributed by atoms with van der Waals surface area (Å²) in [4.78, 5) is 0. The molecule has 0 aliphatic heterocycles. The van der Waals surface area contributed by atoms with Gasteiger partial charge in [0.25, 0.3) is 0 Å². The van der Waals surface area contributed by atoms with Crippen LogP contribution in [0.25, 0.3) is 0 Å². The average molecular weight is 397 g/mol. The molecule has 0 amide bonds. The third-order valence-corrected chi connectivity index (χ3v) is 4.19. The first kappa shape index (κ1) is 21.4. The average Bonchev–Trinajstić information content (AvgIpc) is 2.66. The van der Waals surface area contributed by atoms with Gasteiger partial charge in [-0.2, -0.15) is 0 Å². The summed E-state index contributed by atoms with van der Waals surface area (Å²) in [5.74, 6) is 0.754. The summed E-state index contributed by atoms with van der Waals surface area (Å²) in [6.07, 6.45) is 0. The molecule has 2 aromatic carbocycles. The molecule has 3 N–H and O–H groups in total. The van der Waals surface area contributed by atoms with Crippen molar-refractivity contribution in [3.63, 3.8) is 0 Å². The fraction of sp³-hybridized carbons (Fsp3) is 0.400. The van der Waals surface area contributed by atoms with Gasteiger partial charge < -0.3 is 25.2 Å². The van der Waals surface area contributed by atoms with Crippen molar-refractivity contribution in [2.24, 2.45) is 0 Å². The highest BCUT2D eigenvalue weighted by Crippen LogP contribution is 2.34. The molecule has 148 valence electrons. The Morgan fingerprint density at radius 2 is 1.74 bits per heavy atom. The molecular weight excluding hydrogens is 371 g/mol. The van der Waals surface area contributed by atoms with E-state index >= 15 is 0 Å². The van der Waals surface area contributed by atoms with E-state index in [4.69, 9.17) is 26.2 Å². The zero-order chi connectivity index (χ0) is 19.5. The first-order valence-corrected chi connectivity index (χ1v) is 9.37. The Morgan fingerprint density at radius 1 is 1.00 bits per heavy atom. The molecule has 5 nitrogen and oxygen atoms in total. The minimum absolute atomic E-state index is 0.0944. The van der Waals surface area contributed by atoms with Crippen LogP contribution in [-0.4, -0.2) is 38.0 Å². The molecule has 0 fully saturated rings. The largest absolute Gasteiger partial charge is 0.490 e. The molecule has 0 saturated carbocycles. The molecule has 7 heteroatoms. The van der Waals surface area contributed by atoms with E-state index in [0.29, 0.717) is 41.8 Å². The smallest absolute Gasteiger partial charge is 0.163 e. The number of aliphatic hydroxyl groups excluding tert-OH is 1. The fourth-order valence-electron chi connectivity index (χ4n) is 2.47. The Morgan fingerprint density at radius 3 is 2.48 bits per heavy atom. The van der Waals surface area contributed by atoms with Gasteiger partial charge in [-0.3, -0.25) is 0 Å². The Bertz CT molecular complexity index is 716. The Kier molecular flexibility index (Phi) is 9.35. The lowest BCUT2D eigenvalue weighted by Crippen LogP contribution is -2.28. The summed E-state index contributed by atoms with van der Waals surface area (Å²) < 4.78 is 25.2. The molecule has 0 unspecified atom stereocenters. The van der Waals surface area contributed by atoms with Gasteiger partial charge in [0, 0.05) is 42.8 Å². The van der Waals surface area contributed by atoms with E-state index in [1.54, 1.807) is 24.3 Å². The van der Waals surface area contributed by atoms with E-state index in [2.05, 4.69) is 10.6 Å². The number of rotatable bonds is 12. The van der Waals surface area contributed by atoms with Crippen molar-refractivity contribution in [3.8, 4) is 11.5 Å². The van der Waals surface area contributed by atoms with E-state index in [9.17, 15) is 4.39 Å². The van der Waals surface area contributed by atoms with Crippen molar-refractivity contribution < 1.29 is 19.0 Å². The maximum absolute atomic E-state index is 13.8. The summed E-state index contributed by atoms with van der Waals surface area (Å²) >= 11 is 6.38. The van der Waals surface area contributed by atoms with Crippen LogP contribution < -0.4 is 20.1 Å². The molecule has 0 heterocycles. The lowest BCUT2D eigenvalue weighted by atomic mass is 10.2. The summed E-state index contributed by atoms with van der Waals surface area (Å²) in [5.41, 5.74) is 1.36. The van der Waals surface area contributed by atoms with Crippen molar-refractivity contribution in [2.75, 3.05) is 32.8 Å². The van der Waals surface area contributed by atoms with Gasteiger partial charge in [-0.15, -0.1) is 0 Å². The van der Waals surface area contributed by atoms with Crippen LogP contribution in [0.2, 0.25) is 5.02 Å². The first-order valence-electron chi connectivity index (χ1n) is 8.99. The number of halogens is 2. The van der Waals surface area contributed by atoms with Gasteiger partial charge in [0.15, 0.2) is 11.5 Å². The lowest BCUT2D eigenvalue weighted by Gasteiger charge is -2.15. The van der Waals surface area contributed by atoms with Gasteiger partial charge in [0.05, 0.1) is 13.2 Å². The summed E-state index contributed by atoms with van der Waals surface area (Å²) in [6.45, 7) is 5.23. The molecule has 0 aliphatic rings. The van der Waals surface area contributed by atoms with Crippen LogP contribution in [0.5, 0.6) is 11.5 Å². The van der Waals surface area contributed by atoms with Crippen molar-refractivity contribution in [3.05, 3.63) is 58.4 Å². The molecule has 27 heavy (non-hydrogen) atoms. The normalized spacial score (nSPS) is 10.8. The number of benzene rings is 2. The van der Waals surface area contributed by atoms with E-state index in [1.165, 1.54) is 6.07 Å². The van der Waals surface area contributed by atoms with E-state index in [-0.39, 0.29) is 19.0 Å². The minimum atomic E-state index is -0.308. The van der Waals surface area contributed by atoms with Gasteiger partial charge in [0.2, 0.25) is 0 Å². The van der Waals surface area contributed by atoms with E-state index in [0.717, 1.165) is 18.7 Å². The van der Waals surface area contributed by atoms with Gasteiger partial charge >= 0.3 is 0 Å². The van der Waals surface area contributed by atoms with Crippen LogP contribution in [-0.2, 0) is 13.2 Å². The zero-order valence-electron chi connectivity index (χ0n) is 15.4. The number of nitrogens with one attached hydrogen (secondary N) is 2. The monoisotopic (exact) mass is 396 g/mol. The van der Waals surface area contributed by atoms with E-state index < -0.39 is 0 Å². The number of aliphatic hydroxyl groups is 1. The van der Waals surface area contributed by atoms with Crippen LogP contribution in [0.4, 0.5) is 4.39 Å². The number of ether oxygens (including phenoxy) is 2. The Hall–Kier alpha value is -1.86. The fourth-order valence-corrected chi connectivity index (χ4v) is 2.69.